The number of hydrogen-bond donors (Lipinski definition) is 1. The van der Waals surface area contributed by atoms with Gasteiger partial charge in [0, 0.05) is 30.5 Å². The number of hydrogen-bond acceptors (Lipinski definition) is 4. The fourth-order valence-electron chi connectivity index (χ4n) is 3.01. The Morgan fingerprint density at radius 1 is 1.29 bits per heavy atom. The molecule has 1 aromatic carbocycles. The second-order valence-electron chi connectivity index (χ2n) is 5.71. The Kier molecular flexibility index (Phi) is 4.00. The topological polar surface area (TPSA) is 56.9 Å². The highest BCUT2D eigenvalue weighted by molar-refractivity contribution is 6.30. The van der Waals surface area contributed by atoms with E-state index in [2.05, 4.69) is 21.0 Å². The Balaban J connectivity index is 1.80. The number of aryl methyl sites for hydroxylation is 1. The molecule has 3 aromatic rings. The van der Waals surface area contributed by atoms with Gasteiger partial charge in [-0.3, -0.25) is 9.25 Å². The third-order valence-corrected chi connectivity index (χ3v) is 4.40. The SMILES string of the molecule is COc1ccc(Cl)cc1-n1ccnc1-c1cc2n(n1)CCCNC2. The number of methoxy groups -OCH3 is 1. The van der Waals surface area contributed by atoms with Crippen molar-refractivity contribution in [2.75, 3.05) is 13.7 Å². The van der Waals surface area contributed by atoms with E-state index in [9.17, 15) is 0 Å². The maximum Gasteiger partial charge on any atom is 0.165 e. The number of rotatable bonds is 3. The summed E-state index contributed by atoms with van der Waals surface area (Å²) in [5.74, 6) is 1.51. The average molecular weight is 344 g/mol. The third-order valence-electron chi connectivity index (χ3n) is 4.16. The molecule has 0 spiro atoms. The first kappa shape index (κ1) is 15.2. The molecular weight excluding hydrogens is 326 g/mol. The molecule has 1 aliphatic rings. The lowest BCUT2D eigenvalue weighted by molar-refractivity contribution is 0.413. The van der Waals surface area contributed by atoms with E-state index in [0.717, 1.165) is 49.0 Å². The molecule has 0 amide bonds. The highest BCUT2D eigenvalue weighted by Gasteiger charge is 2.17. The molecule has 0 radical (unpaired) electrons. The number of aromatic nitrogens is 4. The zero-order valence-corrected chi connectivity index (χ0v) is 14.1. The molecule has 124 valence electrons. The van der Waals surface area contributed by atoms with Crippen molar-refractivity contribution < 1.29 is 4.74 Å². The van der Waals surface area contributed by atoms with Crippen LogP contribution in [0.25, 0.3) is 17.2 Å². The van der Waals surface area contributed by atoms with E-state index in [1.54, 1.807) is 13.3 Å². The van der Waals surface area contributed by atoms with Crippen molar-refractivity contribution in [1.29, 1.82) is 0 Å². The van der Waals surface area contributed by atoms with E-state index < -0.39 is 0 Å². The van der Waals surface area contributed by atoms with Crippen LogP contribution < -0.4 is 10.1 Å². The predicted molar refractivity (Wildman–Crippen MR) is 92.7 cm³/mol. The molecule has 6 nitrogen and oxygen atoms in total. The van der Waals surface area contributed by atoms with E-state index in [4.69, 9.17) is 21.4 Å². The summed E-state index contributed by atoms with van der Waals surface area (Å²) in [6.45, 7) is 2.77. The van der Waals surface area contributed by atoms with Gasteiger partial charge in [0.15, 0.2) is 5.82 Å². The summed E-state index contributed by atoms with van der Waals surface area (Å²) in [6.07, 6.45) is 4.73. The van der Waals surface area contributed by atoms with Crippen LogP contribution in [0.3, 0.4) is 0 Å². The van der Waals surface area contributed by atoms with Crippen LogP contribution in [-0.2, 0) is 13.1 Å². The fourth-order valence-corrected chi connectivity index (χ4v) is 3.18. The summed E-state index contributed by atoms with van der Waals surface area (Å²) in [5.41, 5.74) is 2.87. The molecule has 3 heterocycles. The van der Waals surface area contributed by atoms with E-state index in [1.807, 2.05) is 29.0 Å². The lowest BCUT2D eigenvalue weighted by Crippen LogP contribution is -2.11. The van der Waals surface area contributed by atoms with Crippen LogP contribution in [0.2, 0.25) is 5.02 Å². The van der Waals surface area contributed by atoms with Gasteiger partial charge in [0.1, 0.15) is 11.4 Å². The maximum atomic E-state index is 6.17. The van der Waals surface area contributed by atoms with Crippen LogP contribution in [0.1, 0.15) is 12.1 Å². The second kappa shape index (κ2) is 6.30. The molecule has 0 saturated heterocycles. The van der Waals surface area contributed by atoms with Gasteiger partial charge >= 0.3 is 0 Å². The Hall–Kier alpha value is -2.31. The van der Waals surface area contributed by atoms with Gasteiger partial charge in [0.05, 0.1) is 18.5 Å². The summed E-state index contributed by atoms with van der Waals surface area (Å²) in [4.78, 5) is 4.50. The number of nitrogens with zero attached hydrogens (tertiary/aromatic N) is 4. The first-order valence-electron chi connectivity index (χ1n) is 7.91. The van der Waals surface area contributed by atoms with Crippen molar-refractivity contribution in [3.63, 3.8) is 0 Å². The van der Waals surface area contributed by atoms with Crippen LogP contribution in [0, 0.1) is 0 Å². The summed E-state index contributed by atoms with van der Waals surface area (Å²) < 4.78 is 9.49. The number of imidazole rings is 1. The second-order valence-corrected chi connectivity index (χ2v) is 6.15. The van der Waals surface area contributed by atoms with Crippen molar-refractivity contribution in [2.45, 2.75) is 19.5 Å². The number of nitrogens with one attached hydrogen (secondary N) is 1. The van der Waals surface area contributed by atoms with Gasteiger partial charge in [0.2, 0.25) is 0 Å². The lowest BCUT2D eigenvalue weighted by Gasteiger charge is -2.11. The number of benzene rings is 1. The molecule has 0 bridgehead atoms. The molecule has 2 aromatic heterocycles. The zero-order chi connectivity index (χ0) is 16.5. The average Bonchev–Trinajstić information content (AvgIpc) is 3.17. The first-order chi connectivity index (χ1) is 11.8. The smallest absolute Gasteiger partial charge is 0.165 e. The molecule has 1 N–H and O–H groups in total. The monoisotopic (exact) mass is 343 g/mol. The van der Waals surface area contributed by atoms with Gasteiger partial charge in [-0.25, -0.2) is 4.98 Å². The molecule has 0 saturated carbocycles. The molecule has 0 fully saturated rings. The first-order valence-corrected chi connectivity index (χ1v) is 8.29. The van der Waals surface area contributed by atoms with Gasteiger partial charge in [-0.05, 0) is 37.2 Å². The molecule has 0 aliphatic carbocycles. The Labute approximate surface area is 145 Å². The van der Waals surface area contributed by atoms with E-state index in [1.165, 1.54) is 5.69 Å². The zero-order valence-electron chi connectivity index (χ0n) is 13.4. The van der Waals surface area contributed by atoms with Crippen molar-refractivity contribution in [1.82, 2.24) is 24.6 Å². The Bertz CT molecular complexity index is 846. The number of fused-ring (bicyclic) bond motifs is 1. The van der Waals surface area contributed by atoms with Gasteiger partial charge in [-0.1, -0.05) is 11.6 Å². The Morgan fingerprint density at radius 3 is 3.08 bits per heavy atom. The van der Waals surface area contributed by atoms with Crippen LogP contribution in [-0.4, -0.2) is 33.0 Å². The summed E-state index contributed by atoms with van der Waals surface area (Å²) in [7, 11) is 1.65. The maximum absolute atomic E-state index is 6.17. The molecule has 24 heavy (non-hydrogen) atoms. The predicted octanol–water partition coefficient (Wildman–Crippen LogP) is 2.89. The molecule has 7 heteroatoms. The third kappa shape index (κ3) is 2.68. The molecule has 0 atom stereocenters. The van der Waals surface area contributed by atoms with Gasteiger partial charge in [-0.2, -0.15) is 5.10 Å². The molecule has 4 rings (SSSR count). The normalized spacial score (nSPS) is 14.2. The van der Waals surface area contributed by atoms with Crippen LogP contribution in [0.5, 0.6) is 5.75 Å². The van der Waals surface area contributed by atoms with E-state index in [0.29, 0.717) is 5.02 Å². The number of halogens is 1. The van der Waals surface area contributed by atoms with Crippen LogP contribution >= 0.6 is 11.6 Å². The van der Waals surface area contributed by atoms with E-state index >= 15 is 0 Å². The highest BCUT2D eigenvalue weighted by Crippen LogP contribution is 2.30. The summed E-state index contributed by atoms with van der Waals surface area (Å²) >= 11 is 6.17. The minimum Gasteiger partial charge on any atom is -0.495 e. The summed E-state index contributed by atoms with van der Waals surface area (Å²) in [5, 5.41) is 8.79. The highest BCUT2D eigenvalue weighted by atomic mass is 35.5. The molecule has 1 aliphatic heterocycles. The van der Waals surface area contributed by atoms with Crippen molar-refractivity contribution in [2.24, 2.45) is 0 Å². The standard InChI is InChI=1S/C17H18ClN5O/c1-24-16-4-3-12(18)9-15(16)22-8-6-20-17(22)14-10-13-11-19-5-2-7-23(13)21-14/h3-4,6,8-10,19H,2,5,7,11H2,1H3. The van der Waals surface area contributed by atoms with Gasteiger partial charge < -0.3 is 10.1 Å². The summed E-state index contributed by atoms with van der Waals surface area (Å²) in [6, 6.07) is 7.63. The minimum absolute atomic E-state index is 0.648. The minimum atomic E-state index is 0.648. The van der Waals surface area contributed by atoms with Crippen LogP contribution in [0.4, 0.5) is 0 Å². The fraction of sp³-hybridized carbons (Fsp3) is 0.294. The molecule has 0 unspecified atom stereocenters. The van der Waals surface area contributed by atoms with Crippen molar-refractivity contribution >= 4 is 11.6 Å². The van der Waals surface area contributed by atoms with Crippen molar-refractivity contribution in [3.8, 4) is 23.0 Å². The van der Waals surface area contributed by atoms with E-state index in [-0.39, 0.29) is 0 Å². The lowest BCUT2D eigenvalue weighted by atomic mass is 10.2. The van der Waals surface area contributed by atoms with Crippen LogP contribution in [0.15, 0.2) is 36.7 Å². The van der Waals surface area contributed by atoms with Gasteiger partial charge in [-0.15, -0.1) is 0 Å². The largest absolute Gasteiger partial charge is 0.495 e. The Morgan fingerprint density at radius 2 is 2.21 bits per heavy atom. The van der Waals surface area contributed by atoms with Gasteiger partial charge in [0.25, 0.3) is 0 Å². The number of ether oxygens (including phenoxy) is 1. The van der Waals surface area contributed by atoms with Crippen molar-refractivity contribution in [3.05, 3.63) is 47.4 Å². The molecular formula is C17H18ClN5O. The quantitative estimate of drug-likeness (QED) is 0.794.